The highest BCUT2D eigenvalue weighted by Gasteiger charge is 2.26. The maximum atomic E-state index is 12.5. The van der Waals surface area contributed by atoms with E-state index in [9.17, 15) is 9.67 Å². The first kappa shape index (κ1) is 22.1. The zero-order valence-electron chi connectivity index (χ0n) is 15.1. The smallest absolute Gasteiger partial charge is 0.355 e. The molecule has 0 saturated heterocycles. The van der Waals surface area contributed by atoms with Crippen LogP contribution in [0.5, 0.6) is 0 Å². The van der Waals surface area contributed by atoms with Gasteiger partial charge < -0.3 is 14.2 Å². The Morgan fingerprint density at radius 3 is 1.55 bits per heavy atom. The average molecular weight is 336 g/mol. The highest BCUT2D eigenvalue weighted by atomic mass is 31.2. The molecule has 0 rings (SSSR count). The molecular formula is C17H37O4P. The third-order valence-corrected chi connectivity index (χ3v) is 5.70. The van der Waals surface area contributed by atoms with Crippen LogP contribution in [-0.4, -0.2) is 24.7 Å². The van der Waals surface area contributed by atoms with Gasteiger partial charge in [0.1, 0.15) is 6.35 Å². The van der Waals surface area contributed by atoms with Crippen LogP contribution >= 0.6 is 7.60 Å². The van der Waals surface area contributed by atoms with E-state index in [1.54, 1.807) is 0 Å². The fraction of sp³-hybridized carbons (Fsp3) is 1.00. The van der Waals surface area contributed by atoms with E-state index in [2.05, 4.69) is 27.7 Å². The number of rotatable bonds is 15. The van der Waals surface area contributed by atoms with Gasteiger partial charge in [0.25, 0.3) is 0 Å². The average Bonchev–Trinajstić information content (AvgIpc) is 2.55. The normalized spacial score (nSPS) is 17.1. The Hall–Kier alpha value is 0.110. The molecule has 0 amide bonds. The van der Waals surface area contributed by atoms with Gasteiger partial charge in [0.2, 0.25) is 0 Å². The van der Waals surface area contributed by atoms with E-state index < -0.39 is 13.9 Å². The molecule has 0 aromatic heterocycles. The minimum Gasteiger partial charge on any atom is -0.384 e. The zero-order chi connectivity index (χ0) is 16.8. The molecule has 2 atom stereocenters. The monoisotopic (exact) mass is 336 g/mol. The van der Waals surface area contributed by atoms with Crippen LogP contribution in [0, 0.1) is 11.8 Å². The van der Waals surface area contributed by atoms with Crippen LogP contribution in [0.3, 0.4) is 0 Å². The lowest BCUT2D eigenvalue weighted by Crippen LogP contribution is -2.13. The third-order valence-electron chi connectivity index (χ3n) is 4.27. The molecule has 0 bridgehead atoms. The van der Waals surface area contributed by atoms with Crippen molar-refractivity contribution in [1.29, 1.82) is 0 Å². The Labute approximate surface area is 137 Å². The summed E-state index contributed by atoms with van der Waals surface area (Å²) >= 11 is 0. The quantitative estimate of drug-likeness (QED) is 0.396. The van der Waals surface area contributed by atoms with Crippen LogP contribution in [0.4, 0.5) is 0 Å². The summed E-state index contributed by atoms with van der Waals surface area (Å²) in [6, 6.07) is 0. The van der Waals surface area contributed by atoms with Gasteiger partial charge in [-0.15, -0.1) is 0 Å². The molecule has 2 unspecified atom stereocenters. The number of unbranched alkanes of at least 4 members (excludes halogenated alkanes) is 2. The van der Waals surface area contributed by atoms with Gasteiger partial charge in [-0.25, -0.2) is 0 Å². The summed E-state index contributed by atoms with van der Waals surface area (Å²) < 4.78 is 23.5. The van der Waals surface area contributed by atoms with E-state index in [4.69, 9.17) is 9.05 Å². The van der Waals surface area contributed by atoms with Gasteiger partial charge in [-0.05, 0) is 24.7 Å². The van der Waals surface area contributed by atoms with Crippen molar-refractivity contribution in [2.45, 2.75) is 79.1 Å². The highest BCUT2D eigenvalue weighted by molar-refractivity contribution is 7.53. The van der Waals surface area contributed by atoms with Crippen molar-refractivity contribution < 1.29 is 18.7 Å². The summed E-state index contributed by atoms with van der Waals surface area (Å²) in [5.41, 5.74) is 0. The Bertz CT molecular complexity index is 272. The Kier molecular flexibility index (Phi) is 13.6. The van der Waals surface area contributed by atoms with Gasteiger partial charge in [-0.3, -0.25) is 4.57 Å². The highest BCUT2D eigenvalue weighted by Crippen LogP contribution is 2.48. The van der Waals surface area contributed by atoms with Crippen molar-refractivity contribution in [2.24, 2.45) is 11.8 Å². The van der Waals surface area contributed by atoms with Gasteiger partial charge >= 0.3 is 7.60 Å². The van der Waals surface area contributed by atoms with E-state index in [0.29, 0.717) is 25.0 Å². The van der Waals surface area contributed by atoms with E-state index in [1.807, 2.05) is 0 Å². The molecule has 0 heterocycles. The van der Waals surface area contributed by atoms with Gasteiger partial charge in [0, 0.05) is 0 Å². The molecule has 0 fully saturated rings. The maximum absolute atomic E-state index is 12.5. The van der Waals surface area contributed by atoms with Crippen LogP contribution in [0.25, 0.3) is 0 Å². The Morgan fingerprint density at radius 1 is 0.864 bits per heavy atom. The fourth-order valence-electron chi connectivity index (χ4n) is 2.35. The molecule has 0 aliphatic rings. The molecule has 0 aliphatic heterocycles. The van der Waals surface area contributed by atoms with Gasteiger partial charge in [0.05, 0.1) is 13.2 Å². The minimum atomic E-state index is -3.34. The number of hydrogen-bond acceptors (Lipinski definition) is 4. The van der Waals surface area contributed by atoms with E-state index in [-0.39, 0.29) is 0 Å². The maximum Gasteiger partial charge on any atom is 0.355 e. The summed E-state index contributed by atoms with van der Waals surface area (Å²) in [5, 5.41) is 9.40. The molecular weight excluding hydrogens is 299 g/mol. The SMILES string of the molecule is CCCCC(CC)COP(=O)(CO)OCC(CC)CCCC. The predicted octanol–water partition coefficient (Wildman–Crippen LogP) is 5.60. The molecule has 4 nitrogen and oxygen atoms in total. The van der Waals surface area contributed by atoms with Crippen LogP contribution in [0.15, 0.2) is 0 Å². The second-order valence-electron chi connectivity index (χ2n) is 6.18. The van der Waals surface area contributed by atoms with Gasteiger partial charge in [0.15, 0.2) is 0 Å². The lowest BCUT2D eigenvalue weighted by Gasteiger charge is -2.22. The molecule has 1 N–H and O–H groups in total. The molecule has 134 valence electrons. The lowest BCUT2D eigenvalue weighted by molar-refractivity contribution is 0.136. The van der Waals surface area contributed by atoms with Gasteiger partial charge in [-0.1, -0.05) is 66.2 Å². The van der Waals surface area contributed by atoms with Crippen molar-refractivity contribution in [2.75, 3.05) is 19.6 Å². The summed E-state index contributed by atoms with van der Waals surface area (Å²) in [6.07, 6.45) is 8.24. The second-order valence-corrected chi connectivity index (χ2v) is 8.20. The van der Waals surface area contributed by atoms with Crippen molar-refractivity contribution in [3.05, 3.63) is 0 Å². The largest absolute Gasteiger partial charge is 0.384 e. The molecule has 0 saturated carbocycles. The van der Waals surface area contributed by atoms with Crippen LogP contribution in [0.2, 0.25) is 0 Å². The van der Waals surface area contributed by atoms with E-state index in [1.165, 1.54) is 0 Å². The molecule has 0 aromatic carbocycles. The van der Waals surface area contributed by atoms with Crippen molar-refractivity contribution in [1.82, 2.24) is 0 Å². The van der Waals surface area contributed by atoms with Gasteiger partial charge in [-0.2, -0.15) is 0 Å². The van der Waals surface area contributed by atoms with Crippen LogP contribution in [0.1, 0.15) is 79.1 Å². The number of aliphatic hydroxyl groups is 1. The first-order valence-electron chi connectivity index (χ1n) is 9.04. The minimum absolute atomic E-state index is 0.394. The van der Waals surface area contributed by atoms with E-state index >= 15 is 0 Å². The second kappa shape index (κ2) is 13.5. The van der Waals surface area contributed by atoms with Crippen LogP contribution in [-0.2, 0) is 13.6 Å². The summed E-state index contributed by atoms with van der Waals surface area (Å²) in [5.74, 6) is 0.788. The molecule has 5 heteroatoms. The number of aliphatic hydroxyl groups excluding tert-OH is 1. The zero-order valence-corrected chi connectivity index (χ0v) is 15.9. The van der Waals surface area contributed by atoms with Crippen molar-refractivity contribution >= 4 is 7.60 Å². The fourth-order valence-corrected chi connectivity index (χ4v) is 3.47. The molecule has 0 spiro atoms. The molecule has 0 radical (unpaired) electrons. The number of hydrogen-bond donors (Lipinski definition) is 1. The molecule has 0 aromatic rings. The first-order valence-corrected chi connectivity index (χ1v) is 10.8. The molecule has 0 aliphatic carbocycles. The van der Waals surface area contributed by atoms with Crippen molar-refractivity contribution in [3.8, 4) is 0 Å². The third kappa shape index (κ3) is 9.99. The van der Waals surface area contributed by atoms with E-state index in [0.717, 1.165) is 51.4 Å². The first-order chi connectivity index (χ1) is 10.5. The lowest BCUT2D eigenvalue weighted by atomic mass is 10.0. The predicted molar refractivity (Wildman–Crippen MR) is 93.2 cm³/mol. The van der Waals surface area contributed by atoms with Crippen molar-refractivity contribution in [3.63, 3.8) is 0 Å². The Morgan fingerprint density at radius 2 is 1.27 bits per heavy atom. The summed E-state index contributed by atoms with van der Waals surface area (Å²) in [6.45, 7) is 9.39. The summed E-state index contributed by atoms with van der Waals surface area (Å²) in [7, 11) is -3.34. The molecule has 22 heavy (non-hydrogen) atoms. The van der Waals surface area contributed by atoms with Crippen LogP contribution < -0.4 is 0 Å². The summed E-state index contributed by atoms with van der Waals surface area (Å²) in [4.78, 5) is 0. The standard InChI is InChI=1S/C17H37O4P/c1-5-9-11-16(7-3)13-20-22(19,15-18)21-14-17(8-4)12-10-6-2/h16-18H,5-15H2,1-4H3. The Balaban J connectivity index is 4.29. The topological polar surface area (TPSA) is 55.8 Å².